The third-order valence-electron chi connectivity index (χ3n) is 4.24. The molecular weight excluding hydrogens is 412 g/mol. The number of fused-ring (bicyclic) bond motifs is 2. The third kappa shape index (κ3) is 3.13. The van der Waals surface area contributed by atoms with Crippen LogP contribution in [0.25, 0.3) is 21.8 Å². The van der Waals surface area contributed by atoms with Crippen LogP contribution in [-0.2, 0) is 11.8 Å². The topological polar surface area (TPSA) is 30.2 Å². The third-order valence-corrected chi connectivity index (χ3v) is 4.47. The molecule has 0 aliphatic heterocycles. The van der Waals surface area contributed by atoms with Gasteiger partial charge < -0.3 is 4.74 Å². The Hall–Kier alpha value is -2.55. The van der Waals surface area contributed by atoms with Gasteiger partial charge in [0.25, 0.3) is 0 Å². The maximum Gasteiger partial charge on any atom is 0.466 e. The number of alkyl halides is 6. The van der Waals surface area contributed by atoms with Gasteiger partial charge in [-0.15, -0.1) is 0 Å². The van der Waals surface area contributed by atoms with E-state index in [0.717, 1.165) is 0 Å². The lowest BCUT2D eigenvalue weighted by molar-refractivity contribution is -0.617. The number of esters is 1. The number of hydrogen-bond acceptors (Lipinski definition) is 2. The number of halogens is 7. The van der Waals surface area contributed by atoms with Crippen molar-refractivity contribution in [2.24, 2.45) is 7.05 Å². The summed E-state index contributed by atoms with van der Waals surface area (Å²) in [6.45, 7) is 0. The molecule has 0 aliphatic rings. The molecule has 0 saturated heterocycles. The zero-order chi connectivity index (χ0) is 20.9. The lowest BCUT2D eigenvalue weighted by Gasteiger charge is -2.26. The Labute approximate surface area is 159 Å². The molecule has 1 atom stereocenters. The summed E-state index contributed by atoms with van der Waals surface area (Å²) >= 11 is 5.92. The molecule has 3 rings (SSSR count). The van der Waals surface area contributed by atoms with Gasteiger partial charge in [0.2, 0.25) is 11.0 Å². The van der Waals surface area contributed by atoms with Crippen LogP contribution in [0.15, 0.2) is 42.5 Å². The van der Waals surface area contributed by atoms with Crippen molar-refractivity contribution in [1.29, 1.82) is 0 Å². The summed E-state index contributed by atoms with van der Waals surface area (Å²) in [4.78, 5) is 12.5. The van der Waals surface area contributed by atoms with Crippen molar-refractivity contribution in [2.45, 2.75) is 18.5 Å². The number of rotatable bonds is 3. The molecule has 0 aliphatic carbocycles. The number of carbonyl (C=O) groups excluding carboxylic acids is 1. The highest BCUT2D eigenvalue weighted by molar-refractivity contribution is 6.31. The van der Waals surface area contributed by atoms with Gasteiger partial charge >= 0.3 is 24.4 Å². The molecule has 28 heavy (non-hydrogen) atoms. The summed E-state index contributed by atoms with van der Waals surface area (Å²) in [7, 11) is 1.63. The van der Waals surface area contributed by atoms with Crippen LogP contribution in [0.2, 0.25) is 5.02 Å². The maximum atomic E-state index is 14.0. The minimum Gasteiger partial charge on any atom is -0.411 e. The zero-order valence-corrected chi connectivity index (χ0v) is 14.8. The minimum absolute atomic E-state index is 0.0255. The Morgan fingerprint density at radius 2 is 1.64 bits per heavy atom. The average Bonchev–Trinajstić information content (AvgIpc) is 2.60. The van der Waals surface area contributed by atoms with Crippen LogP contribution in [0.4, 0.5) is 26.3 Å². The van der Waals surface area contributed by atoms with E-state index in [1.807, 2.05) is 0 Å². The standard InChI is InChI=1S/C18H11ClF6NO2/c1-26-12-5-3-2-4-10(12)14(11-8-9(19)6-7-13(11)26)15(27)28-17(22,16(20)21)18(23,24)25/h2-8,16H,1H3/q+1. The van der Waals surface area contributed by atoms with Gasteiger partial charge in [0.1, 0.15) is 7.05 Å². The van der Waals surface area contributed by atoms with E-state index < -0.39 is 30.0 Å². The lowest BCUT2D eigenvalue weighted by atomic mass is 10.0. The summed E-state index contributed by atoms with van der Waals surface area (Å²) in [5.41, 5.74) is 0.236. The molecule has 0 bridgehead atoms. The Bertz CT molecular complexity index is 1090. The molecule has 0 spiro atoms. The molecule has 1 aromatic heterocycles. The number of hydrogen-bond donors (Lipinski definition) is 0. The van der Waals surface area contributed by atoms with Crippen LogP contribution in [0.3, 0.4) is 0 Å². The molecule has 0 saturated carbocycles. The number of ether oxygens (including phenoxy) is 1. The number of aryl methyl sites for hydroxylation is 1. The highest BCUT2D eigenvalue weighted by atomic mass is 35.5. The summed E-state index contributed by atoms with van der Waals surface area (Å²) in [6.07, 6.45) is -10.8. The van der Waals surface area contributed by atoms with E-state index in [-0.39, 0.29) is 15.8 Å². The van der Waals surface area contributed by atoms with Crippen molar-refractivity contribution in [3.8, 4) is 0 Å². The second-order valence-electron chi connectivity index (χ2n) is 5.95. The largest absolute Gasteiger partial charge is 0.466 e. The SMILES string of the molecule is C[n+]1c2ccccc2c(C(=O)OC(F)(C(F)F)C(F)(F)F)c2cc(Cl)ccc21. The van der Waals surface area contributed by atoms with E-state index in [1.54, 1.807) is 23.7 Å². The van der Waals surface area contributed by atoms with Gasteiger partial charge in [-0.2, -0.15) is 22.1 Å². The van der Waals surface area contributed by atoms with E-state index in [1.165, 1.54) is 30.3 Å². The summed E-state index contributed by atoms with van der Waals surface area (Å²) in [5, 5.41) is 0.245. The highest BCUT2D eigenvalue weighted by Gasteiger charge is 2.67. The van der Waals surface area contributed by atoms with Gasteiger partial charge in [0.05, 0.1) is 16.3 Å². The predicted octanol–water partition coefficient (Wildman–Crippen LogP) is 5.12. The van der Waals surface area contributed by atoms with Crippen LogP contribution in [0, 0.1) is 0 Å². The first kappa shape index (κ1) is 20.2. The first-order chi connectivity index (χ1) is 13.0. The Morgan fingerprint density at radius 1 is 1.04 bits per heavy atom. The summed E-state index contributed by atoms with van der Waals surface area (Å²) < 4.78 is 83.4. The quantitative estimate of drug-likeness (QED) is 0.254. The summed E-state index contributed by atoms with van der Waals surface area (Å²) in [6, 6.07) is 10.2. The van der Waals surface area contributed by atoms with Crippen molar-refractivity contribution < 1.29 is 40.4 Å². The van der Waals surface area contributed by atoms with E-state index in [4.69, 9.17) is 11.6 Å². The van der Waals surface area contributed by atoms with Crippen LogP contribution in [0.5, 0.6) is 0 Å². The molecule has 10 heteroatoms. The maximum absolute atomic E-state index is 14.0. The number of para-hydroxylation sites is 1. The van der Waals surface area contributed by atoms with Gasteiger partial charge in [-0.25, -0.2) is 13.6 Å². The first-order valence-electron chi connectivity index (χ1n) is 7.74. The van der Waals surface area contributed by atoms with E-state index >= 15 is 0 Å². The van der Waals surface area contributed by atoms with Crippen molar-refractivity contribution >= 4 is 39.4 Å². The van der Waals surface area contributed by atoms with Crippen LogP contribution < -0.4 is 4.57 Å². The van der Waals surface area contributed by atoms with Crippen LogP contribution in [-0.4, -0.2) is 24.4 Å². The Kier molecular flexibility index (Phi) is 4.91. The predicted molar refractivity (Wildman–Crippen MR) is 89.0 cm³/mol. The van der Waals surface area contributed by atoms with Gasteiger partial charge in [0.15, 0.2) is 0 Å². The molecule has 1 unspecified atom stereocenters. The summed E-state index contributed by atoms with van der Waals surface area (Å²) in [5.74, 6) is -7.34. The van der Waals surface area contributed by atoms with Gasteiger partial charge in [-0.3, -0.25) is 0 Å². The molecule has 0 radical (unpaired) electrons. The second-order valence-corrected chi connectivity index (χ2v) is 6.38. The molecule has 148 valence electrons. The highest BCUT2D eigenvalue weighted by Crippen LogP contribution is 2.41. The fourth-order valence-corrected chi connectivity index (χ4v) is 3.06. The lowest BCUT2D eigenvalue weighted by Crippen LogP contribution is -2.51. The molecular formula is C18H11ClF6NO2+. The monoisotopic (exact) mass is 422 g/mol. The van der Waals surface area contributed by atoms with Crippen LogP contribution >= 0.6 is 11.6 Å². The molecule has 2 aromatic carbocycles. The van der Waals surface area contributed by atoms with Crippen LogP contribution in [0.1, 0.15) is 10.4 Å². The van der Waals surface area contributed by atoms with Gasteiger partial charge in [0, 0.05) is 17.2 Å². The first-order valence-corrected chi connectivity index (χ1v) is 8.12. The van der Waals surface area contributed by atoms with Crippen molar-refractivity contribution in [3.05, 3.63) is 53.1 Å². The Balaban J connectivity index is 2.30. The van der Waals surface area contributed by atoms with Crippen molar-refractivity contribution in [3.63, 3.8) is 0 Å². The molecule has 3 nitrogen and oxygen atoms in total. The number of aromatic nitrogens is 1. The average molecular weight is 423 g/mol. The zero-order valence-electron chi connectivity index (χ0n) is 14.0. The minimum atomic E-state index is -6.13. The number of pyridine rings is 1. The molecule has 0 fully saturated rings. The van der Waals surface area contributed by atoms with Crippen molar-refractivity contribution in [1.82, 2.24) is 0 Å². The smallest absolute Gasteiger partial charge is 0.411 e. The number of carbonyl (C=O) groups is 1. The molecule has 0 amide bonds. The van der Waals surface area contributed by atoms with Gasteiger partial charge in [-0.05, 0) is 18.2 Å². The van der Waals surface area contributed by atoms with E-state index in [2.05, 4.69) is 4.74 Å². The number of nitrogens with zero attached hydrogens (tertiary/aromatic N) is 1. The second kappa shape index (κ2) is 6.80. The molecule has 3 aromatic rings. The molecule has 0 N–H and O–H groups in total. The molecule has 1 heterocycles. The fraction of sp³-hybridized carbons (Fsp3) is 0.222. The van der Waals surface area contributed by atoms with E-state index in [0.29, 0.717) is 11.0 Å². The fourth-order valence-electron chi connectivity index (χ4n) is 2.89. The number of benzene rings is 2. The van der Waals surface area contributed by atoms with Gasteiger partial charge in [-0.1, -0.05) is 23.7 Å². The van der Waals surface area contributed by atoms with Crippen molar-refractivity contribution in [2.75, 3.05) is 0 Å². The normalized spacial score (nSPS) is 14.5. The van der Waals surface area contributed by atoms with E-state index in [9.17, 15) is 31.1 Å². The Morgan fingerprint density at radius 3 is 2.25 bits per heavy atom.